The normalized spacial score (nSPS) is 11.0. The Bertz CT molecular complexity index is 800. The Morgan fingerprint density at radius 3 is 2.59 bits per heavy atom. The summed E-state index contributed by atoms with van der Waals surface area (Å²) in [6, 6.07) is 12.7. The molecule has 0 fully saturated rings. The van der Waals surface area contributed by atoms with Crippen molar-refractivity contribution in [2.75, 3.05) is 0 Å². The van der Waals surface area contributed by atoms with Gasteiger partial charge in [0, 0.05) is 25.2 Å². The maximum atomic E-state index is 7.33. The number of nitrogens with two attached hydrogens (primary N) is 1. The second-order valence-corrected chi connectivity index (χ2v) is 5.73. The van der Waals surface area contributed by atoms with E-state index in [4.69, 9.17) is 11.1 Å². The first-order chi connectivity index (χ1) is 10.6. The molecule has 0 saturated carbocycles. The number of benzene rings is 1. The van der Waals surface area contributed by atoms with Crippen LogP contribution in [0.4, 0.5) is 0 Å². The fraction of sp³-hybridized carbons (Fsp3) is 0.222. The third kappa shape index (κ3) is 3.17. The Hall–Kier alpha value is -2.62. The van der Waals surface area contributed by atoms with E-state index in [1.165, 1.54) is 16.5 Å². The van der Waals surface area contributed by atoms with Crippen LogP contribution in [0, 0.1) is 5.41 Å². The zero-order valence-electron chi connectivity index (χ0n) is 12.8. The van der Waals surface area contributed by atoms with Gasteiger partial charge >= 0.3 is 0 Å². The predicted molar refractivity (Wildman–Crippen MR) is 88.9 cm³/mol. The first-order valence-corrected chi connectivity index (χ1v) is 7.47. The van der Waals surface area contributed by atoms with Crippen molar-refractivity contribution in [2.24, 2.45) is 12.8 Å². The van der Waals surface area contributed by atoms with Crippen LogP contribution in [0.2, 0.25) is 0 Å². The summed E-state index contributed by atoms with van der Waals surface area (Å²) >= 11 is 0. The largest absolute Gasteiger partial charge is 0.387 e. The number of pyridine rings is 1. The van der Waals surface area contributed by atoms with Gasteiger partial charge in [-0.15, -0.1) is 0 Å². The van der Waals surface area contributed by atoms with Gasteiger partial charge in [0.2, 0.25) is 0 Å². The maximum absolute atomic E-state index is 7.33. The number of nitrogens with one attached hydrogen (secondary N) is 1. The lowest BCUT2D eigenvalue weighted by atomic mass is 10.1. The van der Waals surface area contributed by atoms with E-state index in [-0.39, 0.29) is 5.84 Å². The molecule has 2 heterocycles. The van der Waals surface area contributed by atoms with Gasteiger partial charge in [0.05, 0.1) is 16.7 Å². The Balaban J connectivity index is 1.70. The first-order valence-electron chi connectivity index (χ1n) is 7.47. The molecule has 3 rings (SSSR count). The van der Waals surface area contributed by atoms with Crippen LogP contribution in [0.25, 0.3) is 10.9 Å². The van der Waals surface area contributed by atoms with Crippen molar-refractivity contribution in [1.82, 2.24) is 4.57 Å². The Labute approximate surface area is 130 Å². The molecule has 0 aliphatic heterocycles. The molecule has 2 aromatic heterocycles. The molecular weight excluding hydrogens is 272 g/mol. The van der Waals surface area contributed by atoms with Gasteiger partial charge in [-0.1, -0.05) is 24.3 Å². The van der Waals surface area contributed by atoms with Gasteiger partial charge in [0.1, 0.15) is 7.05 Å². The van der Waals surface area contributed by atoms with Crippen LogP contribution in [0.1, 0.15) is 11.1 Å². The highest BCUT2D eigenvalue weighted by Gasteiger charge is 2.05. The summed E-state index contributed by atoms with van der Waals surface area (Å²) in [7, 11) is 2.04. The molecule has 1 aromatic carbocycles. The molecule has 3 N–H and O–H groups in total. The summed E-state index contributed by atoms with van der Waals surface area (Å²) in [4.78, 5) is 0. The van der Waals surface area contributed by atoms with Crippen molar-refractivity contribution < 1.29 is 4.57 Å². The van der Waals surface area contributed by atoms with Crippen LogP contribution in [-0.4, -0.2) is 10.4 Å². The molecule has 0 spiro atoms. The van der Waals surface area contributed by atoms with E-state index in [0.717, 1.165) is 18.5 Å². The van der Waals surface area contributed by atoms with Gasteiger partial charge in [0.25, 0.3) is 0 Å². The maximum Gasteiger partial charge on any atom is 0.177 e. The molecule has 0 aliphatic rings. The molecule has 0 atom stereocenters. The van der Waals surface area contributed by atoms with Crippen molar-refractivity contribution in [1.29, 1.82) is 5.41 Å². The monoisotopic (exact) mass is 293 g/mol. The molecule has 4 nitrogen and oxygen atoms in total. The van der Waals surface area contributed by atoms with E-state index >= 15 is 0 Å². The lowest BCUT2D eigenvalue weighted by Crippen LogP contribution is -2.25. The topological polar surface area (TPSA) is 58.7 Å². The van der Waals surface area contributed by atoms with Crippen molar-refractivity contribution in [3.05, 3.63) is 66.1 Å². The van der Waals surface area contributed by atoms with Crippen LogP contribution in [-0.2, 0) is 26.4 Å². The van der Waals surface area contributed by atoms with E-state index in [0.29, 0.717) is 6.42 Å². The fourth-order valence-electron chi connectivity index (χ4n) is 2.74. The van der Waals surface area contributed by atoms with Crippen LogP contribution >= 0.6 is 0 Å². The van der Waals surface area contributed by atoms with E-state index < -0.39 is 0 Å². The molecule has 0 unspecified atom stereocenters. The molecule has 0 bridgehead atoms. The average molecular weight is 293 g/mol. The molecule has 0 saturated heterocycles. The SMILES string of the molecule is C[n+]1ccc2c(ccn2CCc2ccc(CC(=N)N)cc2)c1. The van der Waals surface area contributed by atoms with Crippen molar-refractivity contribution in [2.45, 2.75) is 19.4 Å². The molecule has 3 aromatic rings. The summed E-state index contributed by atoms with van der Waals surface area (Å²) in [5, 5.41) is 8.59. The molecule has 4 heteroatoms. The summed E-state index contributed by atoms with van der Waals surface area (Å²) < 4.78 is 4.36. The van der Waals surface area contributed by atoms with E-state index in [1.807, 2.05) is 7.05 Å². The van der Waals surface area contributed by atoms with Crippen LogP contribution in [0.15, 0.2) is 55.0 Å². The summed E-state index contributed by atoms with van der Waals surface area (Å²) in [5.41, 5.74) is 9.09. The fourth-order valence-corrected chi connectivity index (χ4v) is 2.74. The second-order valence-electron chi connectivity index (χ2n) is 5.73. The van der Waals surface area contributed by atoms with Gasteiger partial charge in [-0.2, -0.15) is 0 Å². The smallest absolute Gasteiger partial charge is 0.177 e. The summed E-state index contributed by atoms with van der Waals surface area (Å²) in [5.74, 6) is 0.208. The van der Waals surface area contributed by atoms with Crippen molar-refractivity contribution >= 4 is 16.7 Å². The minimum atomic E-state index is 0.208. The highest BCUT2D eigenvalue weighted by molar-refractivity contribution is 5.79. The third-order valence-corrected chi connectivity index (χ3v) is 3.91. The molecule has 0 radical (unpaired) electrons. The Kier molecular flexibility index (Phi) is 3.92. The number of aromatic nitrogens is 2. The molecular formula is C18H21N4+. The highest BCUT2D eigenvalue weighted by Crippen LogP contribution is 2.14. The minimum absolute atomic E-state index is 0.208. The van der Waals surface area contributed by atoms with Crippen LogP contribution < -0.4 is 10.3 Å². The predicted octanol–water partition coefficient (Wildman–Crippen LogP) is 2.19. The van der Waals surface area contributed by atoms with Crippen LogP contribution in [0.5, 0.6) is 0 Å². The van der Waals surface area contributed by atoms with E-state index in [1.54, 1.807) is 0 Å². The quantitative estimate of drug-likeness (QED) is 0.423. The average Bonchev–Trinajstić information content (AvgIpc) is 2.88. The number of amidine groups is 1. The summed E-state index contributed by atoms with van der Waals surface area (Å²) in [6.07, 6.45) is 7.89. The van der Waals surface area contributed by atoms with E-state index in [2.05, 4.69) is 64.1 Å². The first kappa shape index (κ1) is 14.3. The second kappa shape index (κ2) is 6.02. The standard InChI is InChI=1S/C18H21N4/c1-21-9-8-17-16(13-21)7-11-22(17)10-6-14-2-4-15(5-3-14)12-18(19)20/h2-5,7-9,11,13H,6,10,12H2,1H3,(H3,19,20)/q+1. The third-order valence-electron chi connectivity index (χ3n) is 3.91. The number of nitrogens with zero attached hydrogens (tertiary/aromatic N) is 2. The van der Waals surface area contributed by atoms with Gasteiger partial charge < -0.3 is 10.3 Å². The molecule has 22 heavy (non-hydrogen) atoms. The zero-order valence-corrected chi connectivity index (χ0v) is 12.8. The van der Waals surface area contributed by atoms with Crippen molar-refractivity contribution in [3.8, 4) is 0 Å². The van der Waals surface area contributed by atoms with Gasteiger partial charge in [-0.25, -0.2) is 4.57 Å². The lowest BCUT2D eigenvalue weighted by molar-refractivity contribution is -0.670. The number of rotatable bonds is 5. The minimum Gasteiger partial charge on any atom is -0.387 e. The Morgan fingerprint density at radius 1 is 1.14 bits per heavy atom. The molecule has 0 aliphatic carbocycles. The van der Waals surface area contributed by atoms with Crippen molar-refractivity contribution in [3.63, 3.8) is 0 Å². The lowest BCUT2D eigenvalue weighted by Gasteiger charge is -2.06. The zero-order chi connectivity index (χ0) is 15.5. The Morgan fingerprint density at radius 2 is 1.86 bits per heavy atom. The number of hydrogen-bond acceptors (Lipinski definition) is 1. The summed E-state index contributed by atoms with van der Waals surface area (Å²) in [6.45, 7) is 0.962. The van der Waals surface area contributed by atoms with Crippen LogP contribution in [0.3, 0.4) is 0 Å². The van der Waals surface area contributed by atoms with Gasteiger partial charge in [-0.3, -0.25) is 5.41 Å². The van der Waals surface area contributed by atoms with E-state index in [9.17, 15) is 0 Å². The number of hydrogen-bond donors (Lipinski definition) is 2. The number of fused-ring (bicyclic) bond motifs is 1. The van der Waals surface area contributed by atoms with Gasteiger partial charge in [-0.05, 0) is 23.6 Å². The molecule has 0 amide bonds. The molecule has 112 valence electrons. The number of aryl methyl sites for hydroxylation is 3. The highest BCUT2D eigenvalue weighted by atomic mass is 15.0. The van der Waals surface area contributed by atoms with Gasteiger partial charge in [0.15, 0.2) is 12.4 Å².